The van der Waals surface area contributed by atoms with Crippen LogP contribution in [0.1, 0.15) is 11.6 Å². The number of alkyl halides is 1. The lowest BCUT2D eigenvalue weighted by atomic mass is 10.1. The van der Waals surface area contributed by atoms with Crippen LogP contribution in [0.15, 0.2) is 82.6 Å². The molecule has 0 spiro atoms. The second-order valence-electron chi connectivity index (χ2n) is 6.91. The summed E-state index contributed by atoms with van der Waals surface area (Å²) in [5.74, 6) is -0.791. The molecule has 0 saturated heterocycles. The van der Waals surface area contributed by atoms with E-state index < -0.39 is 69.6 Å². The summed E-state index contributed by atoms with van der Waals surface area (Å²) in [6, 6.07) is 8.83. The van der Waals surface area contributed by atoms with Crippen molar-refractivity contribution < 1.29 is 35.5 Å². The Morgan fingerprint density at radius 1 is 0.743 bits per heavy atom. The smallest absolute Gasteiger partial charge is 0.258 e. The van der Waals surface area contributed by atoms with Gasteiger partial charge in [0.05, 0.1) is 15.9 Å². The molecule has 15 heteroatoms. The first kappa shape index (κ1) is 25.8. The molecule has 35 heavy (non-hydrogen) atoms. The zero-order valence-electron chi connectivity index (χ0n) is 17.4. The molecule has 0 aliphatic rings. The van der Waals surface area contributed by atoms with Gasteiger partial charge < -0.3 is 0 Å². The summed E-state index contributed by atoms with van der Waals surface area (Å²) in [5, 5.41) is 22.9. The van der Waals surface area contributed by atoms with E-state index in [1.165, 1.54) is 0 Å². The number of rotatable bonds is 9. The van der Waals surface area contributed by atoms with Gasteiger partial charge in [-0.25, -0.2) is 25.6 Å². The van der Waals surface area contributed by atoms with E-state index in [1.54, 1.807) is 0 Å². The summed E-state index contributed by atoms with van der Waals surface area (Å²) < 4.78 is 82.0. The van der Waals surface area contributed by atoms with Crippen molar-refractivity contribution in [3.63, 3.8) is 0 Å². The van der Waals surface area contributed by atoms with E-state index in [9.17, 15) is 45.8 Å². The maximum atomic E-state index is 14.4. The van der Waals surface area contributed by atoms with E-state index in [2.05, 4.69) is 0 Å². The molecule has 0 fully saturated rings. The largest absolute Gasteiger partial charge is 0.289 e. The van der Waals surface area contributed by atoms with E-state index in [0.717, 1.165) is 72.8 Å². The summed E-state index contributed by atoms with van der Waals surface area (Å²) in [6.07, 6.45) is 0. The van der Waals surface area contributed by atoms with Gasteiger partial charge in [-0.05, 0) is 29.8 Å². The lowest BCUT2D eigenvalue weighted by Gasteiger charge is -2.28. The maximum Gasteiger partial charge on any atom is 0.289 e. The van der Waals surface area contributed by atoms with Gasteiger partial charge in [-0.15, -0.1) is 0 Å². The number of sulfonamides is 2. The van der Waals surface area contributed by atoms with Crippen LogP contribution in [-0.2, 0) is 20.0 Å². The van der Waals surface area contributed by atoms with Gasteiger partial charge in [0.2, 0.25) is 0 Å². The third-order valence-corrected chi connectivity index (χ3v) is 9.25. The number of nitrogens with zero attached hydrogens (tertiary/aromatic N) is 3. The van der Waals surface area contributed by atoms with E-state index in [1.807, 2.05) is 0 Å². The molecule has 0 saturated carbocycles. The highest BCUT2D eigenvalue weighted by Crippen LogP contribution is 2.39. The molecule has 3 aromatic rings. The predicted molar refractivity (Wildman–Crippen MR) is 118 cm³/mol. The first-order valence-electron chi connectivity index (χ1n) is 9.51. The summed E-state index contributed by atoms with van der Waals surface area (Å²) in [6.45, 7) is -1.68. The lowest BCUT2D eigenvalue weighted by Crippen LogP contribution is -2.41. The van der Waals surface area contributed by atoms with Crippen molar-refractivity contribution in [2.75, 3.05) is 6.67 Å². The van der Waals surface area contributed by atoms with Crippen molar-refractivity contribution in [2.24, 2.45) is 0 Å². The number of nitro groups is 2. The Balaban J connectivity index is 2.40. The fourth-order valence-corrected chi connectivity index (χ4v) is 7.51. The molecule has 0 aromatic heterocycles. The lowest BCUT2D eigenvalue weighted by molar-refractivity contribution is -0.388. The Bertz CT molecular complexity index is 1410. The first-order valence-corrected chi connectivity index (χ1v) is 12.4. The van der Waals surface area contributed by atoms with E-state index in [0.29, 0.717) is 0 Å². The van der Waals surface area contributed by atoms with Crippen molar-refractivity contribution in [1.29, 1.82) is 0 Å². The van der Waals surface area contributed by atoms with Crippen LogP contribution in [0.2, 0.25) is 0 Å². The Labute approximate surface area is 197 Å². The van der Waals surface area contributed by atoms with E-state index in [4.69, 9.17) is 0 Å². The third kappa shape index (κ3) is 4.87. The van der Waals surface area contributed by atoms with Crippen LogP contribution < -0.4 is 0 Å². The minimum atomic E-state index is -5.45. The van der Waals surface area contributed by atoms with Crippen molar-refractivity contribution >= 4 is 31.4 Å². The molecule has 0 amide bonds. The molecule has 0 heterocycles. The highest BCUT2D eigenvalue weighted by molar-refractivity contribution is 8.04. The van der Waals surface area contributed by atoms with Crippen LogP contribution in [0, 0.1) is 26.0 Å². The molecule has 184 valence electrons. The van der Waals surface area contributed by atoms with Gasteiger partial charge in [0.25, 0.3) is 31.4 Å². The molecule has 11 nitrogen and oxygen atoms in total. The molecule has 0 aliphatic heterocycles. The average molecular weight is 527 g/mol. The van der Waals surface area contributed by atoms with Crippen molar-refractivity contribution in [1.82, 2.24) is 3.71 Å². The number of benzene rings is 3. The van der Waals surface area contributed by atoms with Crippen molar-refractivity contribution in [3.05, 3.63) is 104 Å². The monoisotopic (exact) mass is 527 g/mol. The van der Waals surface area contributed by atoms with Gasteiger partial charge in [-0.3, -0.25) is 20.2 Å². The Morgan fingerprint density at radius 2 is 1.14 bits per heavy atom. The minimum absolute atomic E-state index is 0.321. The van der Waals surface area contributed by atoms with E-state index in [-0.39, 0.29) is 9.27 Å². The van der Waals surface area contributed by atoms with Crippen LogP contribution in [-0.4, -0.2) is 37.1 Å². The average Bonchev–Trinajstić information content (AvgIpc) is 2.82. The Hall–Kier alpha value is -3.82. The third-order valence-electron chi connectivity index (χ3n) is 4.81. The zero-order chi connectivity index (χ0) is 26.0. The summed E-state index contributed by atoms with van der Waals surface area (Å²) in [7, 11) is -10.9. The molecule has 3 aromatic carbocycles. The van der Waals surface area contributed by atoms with Crippen molar-refractivity contribution in [3.8, 4) is 0 Å². The van der Waals surface area contributed by atoms with Crippen LogP contribution in [0.5, 0.6) is 0 Å². The zero-order valence-corrected chi connectivity index (χ0v) is 19.0. The number of para-hydroxylation sites is 2. The van der Waals surface area contributed by atoms with Gasteiger partial charge in [-0.1, -0.05) is 40.1 Å². The van der Waals surface area contributed by atoms with Crippen molar-refractivity contribution in [2.45, 2.75) is 15.8 Å². The highest BCUT2D eigenvalue weighted by Gasteiger charge is 2.47. The van der Waals surface area contributed by atoms with E-state index >= 15 is 0 Å². The fourth-order valence-electron chi connectivity index (χ4n) is 3.26. The Kier molecular flexibility index (Phi) is 7.23. The SMILES string of the molecule is O=[N+]([O-])c1ccccc1S(=O)(=O)N(C(CF)c1ccc(F)cc1)S(=O)(=O)c1ccccc1[N+](=O)[O-]. The predicted octanol–water partition coefficient (Wildman–Crippen LogP) is 3.73. The van der Waals surface area contributed by atoms with Crippen LogP contribution in [0.3, 0.4) is 0 Å². The normalized spacial score (nSPS) is 12.9. The molecule has 0 bridgehead atoms. The van der Waals surface area contributed by atoms with Gasteiger partial charge in [0, 0.05) is 12.1 Å². The molecule has 0 N–H and O–H groups in total. The van der Waals surface area contributed by atoms with Gasteiger partial charge >= 0.3 is 0 Å². The summed E-state index contributed by atoms with van der Waals surface area (Å²) >= 11 is 0. The number of hydrogen-bond donors (Lipinski definition) is 0. The molecule has 1 atom stereocenters. The minimum Gasteiger partial charge on any atom is -0.258 e. The maximum absolute atomic E-state index is 14.4. The summed E-state index contributed by atoms with van der Waals surface area (Å²) in [4.78, 5) is 18.6. The second kappa shape index (κ2) is 9.81. The summed E-state index contributed by atoms with van der Waals surface area (Å²) in [5.41, 5.74) is -2.34. The molecular weight excluding hydrogens is 512 g/mol. The fraction of sp³-hybridized carbons (Fsp3) is 0.100. The molecular formula is C20H15F2N3O8S2. The van der Waals surface area contributed by atoms with Gasteiger partial charge in [0.15, 0.2) is 9.79 Å². The van der Waals surface area contributed by atoms with Gasteiger partial charge in [-0.2, -0.15) is 0 Å². The first-order chi connectivity index (χ1) is 16.4. The van der Waals surface area contributed by atoms with Crippen LogP contribution in [0.25, 0.3) is 0 Å². The number of nitro benzene ring substituents is 2. The quantitative estimate of drug-likeness (QED) is 0.301. The van der Waals surface area contributed by atoms with Crippen LogP contribution in [0.4, 0.5) is 20.2 Å². The van der Waals surface area contributed by atoms with Crippen LogP contribution >= 0.6 is 0 Å². The molecule has 0 radical (unpaired) electrons. The molecule has 1 unspecified atom stereocenters. The second-order valence-corrected chi connectivity index (χ2v) is 10.7. The number of halogens is 2. The highest BCUT2D eigenvalue weighted by atomic mass is 32.3. The molecule has 0 aliphatic carbocycles. The standard InChI is InChI=1S/C20H15F2N3O8S2/c21-13-18(14-9-11-15(22)12-10-14)25(34(30,31)19-7-3-1-5-16(19)23(26)27)35(32,33)20-8-4-2-6-17(20)24(28)29/h1-12,18H,13H2. The van der Waals surface area contributed by atoms with Gasteiger partial charge in [0.1, 0.15) is 12.5 Å². The molecule has 3 rings (SSSR count). The Morgan fingerprint density at radius 3 is 1.51 bits per heavy atom. The topological polar surface area (TPSA) is 158 Å². The number of hydrogen-bond acceptors (Lipinski definition) is 8.